The van der Waals surface area contributed by atoms with E-state index < -0.39 is 38.9 Å². The molecule has 0 radical (unpaired) electrons. The molecule has 5 rings (SSSR count). The van der Waals surface area contributed by atoms with Gasteiger partial charge in [0.2, 0.25) is 10.0 Å². The lowest BCUT2D eigenvalue weighted by Gasteiger charge is -2.38. The van der Waals surface area contributed by atoms with Crippen LogP contribution in [0.3, 0.4) is 0 Å². The molecule has 0 atom stereocenters. The largest absolute Gasteiger partial charge is 0.416 e. The van der Waals surface area contributed by atoms with Crippen LogP contribution in [0.1, 0.15) is 16.7 Å². The number of morpholine rings is 1. The molecule has 0 spiro atoms. The molecule has 2 aliphatic rings. The summed E-state index contributed by atoms with van der Waals surface area (Å²) in [6.45, 7) is 2.30. The van der Waals surface area contributed by atoms with Gasteiger partial charge in [-0.25, -0.2) is 17.5 Å². The molecule has 2 fully saturated rings. The van der Waals surface area contributed by atoms with Crippen LogP contribution in [0.15, 0.2) is 53.5 Å². The number of benzene rings is 2. The van der Waals surface area contributed by atoms with Gasteiger partial charge in [0.05, 0.1) is 43.0 Å². The number of alkyl halides is 3. The Bertz CT molecular complexity index is 1570. The predicted molar refractivity (Wildman–Crippen MR) is 150 cm³/mol. The van der Waals surface area contributed by atoms with Crippen LogP contribution >= 0.6 is 11.6 Å². The maximum absolute atomic E-state index is 14.5. The average Bonchev–Trinajstić information content (AvgIpc) is 2.96. The van der Waals surface area contributed by atoms with E-state index >= 15 is 0 Å². The van der Waals surface area contributed by atoms with Gasteiger partial charge in [-0.15, -0.1) is 0 Å². The van der Waals surface area contributed by atoms with Gasteiger partial charge in [-0.1, -0.05) is 29.8 Å². The Morgan fingerprint density at radius 2 is 1.60 bits per heavy atom. The van der Waals surface area contributed by atoms with Crippen molar-refractivity contribution in [3.05, 3.63) is 86.5 Å². The minimum Gasteiger partial charge on any atom is -0.378 e. The number of hydrogen-bond acceptors (Lipinski definition) is 7. The molecule has 2 aromatic carbocycles. The SMILES string of the molecule is O=c1c(N2CCOCC2)c(N2CCN(S(=O)(=O)Cc3ccc(C(F)(F)F)cc3)CC2)cnn1Cc1c(F)cccc1Cl. The van der Waals surface area contributed by atoms with Gasteiger partial charge in [-0.2, -0.15) is 22.6 Å². The van der Waals surface area contributed by atoms with Crippen molar-refractivity contribution in [2.75, 3.05) is 62.3 Å². The van der Waals surface area contributed by atoms with E-state index in [4.69, 9.17) is 16.3 Å². The van der Waals surface area contributed by atoms with E-state index in [1.165, 1.54) is 40.8 Å². The number of ether oxygens (including phenoxy) is 1. The quantitative estimate of drug-likeness (QED) is 0.369. The van der Waals surface area contributed by atoms with E-state index in [0.717, 1.165) is 16.8 Å². The summed E-state index contributed by atoms with van der Waals surface area (Å²) in [6.07, 6.45) is -2.98. The number of anilines is 2. The zero-order valence-electron chi connectivity index (χ0n) is 22.4. The Hall–Kier alpha value is -3.20. The molecule has 0 saturated carbocycles. The lowest BCUT2D eigenvalue weighted by molar-refractivity contribution is -0.137. The highest BCUT2D eigenvalue weighted by Crippen LogP contribution is 2.30. The Kier molecular flexibility index (Phi) is 8.78. The standard InChI is InChI=1S/C27H28ClF4N5O4S/c28-22-2-1-3-23(29)21(22)17-37-26(38)25(35-12-14-41-15-13-35)24(16-33-37)34-8-10-36(11-9-34)42(39,40)18-19-4-6-20(7-5-19)27(30,31)32/h1-7,16H,8-15,17-18H2. The fraction of sp³-hybridized carbons (Fsp3) is 0.407. The highest BCUT2D eigenvalue weighted by atomic mass is 35.5. The van der Waals surface area contributed by atoms with Gasteiger partial charge < -0.3 is 14.5 Å². The lowest BCUT2D eigenvalue weighted by Crippen LogP contribution is -2.50. The Morgan fingerprint density at radius 3 is 2.21 bits per heavy atom. The highest BCUT2D eigenvalue weighted by molar-refractivity contribution is 7.88. The van der Waals surface area contributed by atoms with Gasteiger partial charge >= 0.3 is 6.18 Å². The first-order valence-electron chi connectivity index (χ1n) is 13.2. The number of halogens is 5. The van der Waals surface area contributed by atoms with E-state index in [9.17, 15) is 30.8 Å². The number of piperazine rings is 1. The van der Waals surface area contributed by atoms with Crippen LogP contribution in [0.25, 0.3) is 0 Å². The molecule has 9 nitrogen and oxygen atoms in total. The van der Waals surface area contributed by atoms with E-state index in [0.29, 0.717) is 37.7 Å². The first-order valence-corrected chi connectivity index (χ1v) is 15.2. The molecule has 0 amide bonds. The lowest BCUT2D eigenvalue weighted by atomic mass is 10.1. The summed E-state index contributed by atoms with van der Waals surface area (Å²) in [7, 11) is -3.81. The number of rotatable bonds is 7. The summed E-state index contributed by atoms with van der Waals surface area (Å²) in [6, 6.07) is 8.34. The maximum atomic E-state index is 14.5. The topological polar surface area (TPSA) is 88.0 Å². The highest BCUT2D eigenvalue weighted by Gasteiger charge is 2.32. The molecule has 0 aliphatic carbocycles. The van der Waals surface area contributed by atoms with Crippen molar-refractivity contribution in [1.29, 1.82) is 0 Å². The molecule has 15 heteroatoms. The molecule has 2 aliphatic heterocycles. The zero-order valence-corrected chi connectivity index (χ0v) is 23.9. The monoisotopic (exact) mass is 629 g/mol. The molecular formula is C27H28ClF4N5O4S. The first-order chi connectivity index (χ1) is 19.9. The summed E-state index contributed by atoms with van der Waals surface area (Å²) in [5.41, 5.74) is -0.00422. The van der Waals surface area contributed by atoms with Crippen LogP contribution < -0.4 is 15.4 Å². The number of aromatic nitrogens is 2. The summed E-state index contributed by atoms with van der Waals surface area (Å²) in [5.74, 6) is -0.984. The van der Waals surface area contributed by atoms with Crippen molar-refractivity contribution in [2.24, 2.45) is 0 Å². The number of hydrogen-bond donors (Lipinski definition) is 0. The molecule has 3 aromatic rings. The molecule has 226 valence electrons. The van der Waals surface area contributed by atoms with Gasteiger partial charge in [0.25, 0.3) is 5.56 Å². The maximum Gasteiger partial charge on any atom is 0.416 e. The third-order valence-electron chi connectivity index (χ3n) is 7.30. The van der Waals surface area contributed by atoms with Gasteiger partial charge in [0, 0.05) is 49.9 Å². The van der Waals surface area contributed by atoms with Crippen molar-refractivity contribution in [3.8, 4) is 0 Å². The van der Waals surface area contributed by atoms with Crippen LogP contribution in [0.4, 0.5) is 28.9 Å². The van der Waals surface area contributed by atoms with Gasteiger partial charge in [-0.3, -0.25) is 4.79 Å². The van der Waals surface area contributed by atoms with Crippen molar-refractivity contribution >= 4 is 33.0 Å². The predicted octanol–water partition coefficient (Wildman–Crippen LogP) is 3.59. The van der Waals surface area contributed by atoms with Crippen LogP contribution in [-0.2, 0) is 33.2 Å². The van der Waals surface area contributed by atoms with E-state index in [-0.39, 0.29) is 48.9 Å². The van der Waals surface area contributed by atoms with Crippen molar-refractivity contribution in [3.63, 3.8) is 0 Å². The third kappa shape index (κ3) is 6.56. The minimum absolute atomic E-state index is 0.111. The van der Waals surface area contributed by atoms with Gasteiger partial charge in [0.1, 0.15) is 11.5 Å². The fourth-order valence-corrected chi connectivity index (χ4v) is 6.77. The second-order valence-electron chi connectivity index (χ2n) is 9.98. The summed E-state index contributed by atoms with van der Waals surface area (Å²) in [5, 5.41) is 4.48. The van der Waals surface area contributed by atoms with Crippen LogP contribution in [0.5, 0.6) is 0 Å². The minimum atomic E-state index is -4.51. The van der Waals surface area contributed by atoms with Crippen LogP contribution in [0, 0.1) is 5.82 Å². The Balaban J connectivity index is 1.35. The summed E-state index contributed by atoms with van der Waals surface area (Å²) in [4.78, 5) is 17.5. The third-order valence-corrected chi connectivity index (χ3v) is 9.50. The molecule has 1 aromatic heterocycles. The second-order valence-corrected chi connectivity index (χ2v) is 12.4. The van der Waals surface area contributed by atoms with Crippen molar-refractivity contribution in [2.45, 2.75) is 18.5 Å². The summed E-state index contributed by atoms with van der Waals surface area (Å²) < 4.78 is 87.1. The van der Waals surface area contributed by atoms with Gasteiger partial charge in [-0.05, 0) is 29.8 Å². The zero-order chi connectivity index (χ0) is 30.1. The van der Waals surface area contributed by atoms with E-state index in [1.54, 1.807) is 0 Å². The fourth-order valence-electron chi connectivity index (χ4n) is 5.03. The number of nitrogens with zero attached hydrogens (tertiary/aromatic N) is 5. The molecule has 42 heavy (non-hydrogen) atoms. The van der Waals surface area contributed by atoms with Crippen molar-refractivity contribution < 1.29 is 30.7 Å². The van der Waals surface area contributed by atoms with Gasteiger partial charge in [0.15, 0.2) is 0 Å². The van der Waals surface area contributed by atoms with Crippen LogP contribution in [0.2, 0.25) is 5.02 Å². The molecular weight excluding hydrogens is 602 g/mol. The second kappa shape index (κ2) is 12.2. The van der Waals surface area contributed by atoms with E-state index in [1.807, 2.05) is 9.80 Å². The molecule has 0 unspecified atom stereocenters. The Morgan fingerprint density at radius 1 is 0.929 bits per heavy atom. The molecule has 3 heterocycles. The van der Waals surface area contributed by atoms with E-state index in [2.05, 4.69) is 5.10 Å². The Labute approximate surface area is 244 Å². The molecule has 0 bridgehead atoms. The normalized spacial score (nSPS) is 17.1. The first kappa shape index (κ1) is 30.3. The van der Waals surface area contributed by atoms with Crippen molar-refractivity contribution in [1.82, 2.24) is 14.1 Å². The number of sulfonamides is 1. The molecule has 0 N–H and O–H groups in total. The van der Waals surface area contributed by atoms with Crippen LogP contribution in [-0.4, -0.2) is 75.0 Å². The summed E-state index contributed by atoms with van der Waals surface area (Å²) >= 11 is 6.18. The average molecular weight is 630 g/mol. The molecule has 2 saturated heterocycles. The smallest absolute Gasteiger partial charge is 0.378 e.